The molecule has 12 heteroatoms. The predicted octanol–water partition coefficient (Wildman–Crippen LogP) is 3.30. The predicted molar refractivity (Wildman–Crippen MR) is 150 cm³/mol. The first kappa shape index (κ1) is 24.9. The summed E-state index contributed by atoms with van der Waals surface area (Å²) >= 11 is 0. The van der Waals surface area contributed by atoms with Crippen molar-refractivity contribution in [2.45, 2.75) is 34.6 Å². The lowest BCUT2D eigenvalue weighted by atomic mass is 10.1. The minimum absolute atomic E-state index is 0.124. The molecule has 0 fully saturated rings. The smallest absolute Gasteiger partial charge is 0.221 e. The summed E-state index contributed by atoms with van der Waals surface area (Å²) in [7, 11) is 0. The maximum atomic E-state index is 11.3. The molecule has 0 aliphatic heterocycles. The molecule has 2 amide bonds. The van der Waals surface area contributed by atoms with Crippen molar-refractivity contribution >= 4 is 40.1 Å². The van der Waals surface area contributed by atoms with E-state index in [-0.39, 0.29) is 11.8 Å². The number of rotatable bonds is 5. The second-order valence-electron chi connectivity index (χ2n) is 9.62. The second-order valence-corrected chi connectivity index (χ2v) is 9.62. The number of nitrogens with one attached hydrogen (secondary N) is 3. The molecular formula is C28H26N10O2. The molecule has 0 unspecified atom stereocenters. The van der Waals surface area contributed by atoms with Crippen LogP contribution in [0.5, 0.6) is 0 Å². The Labute approximate surface area is 228 Å². The molecule has 0 aliphatic carbocycles. The fraction of sp³-hybridized carbons (Fsp3) is 0.179. The van der Waals surface area contributed by atoms with Crippen LogP contribution in [0.2, 0.25) is 0 Å². The molecule has 4 heterocycles. The Morgan fingerprint density at radius 1 is 0.725 bits per heavy atom. The van der Waals surface area contributed by atoms with Gasteiger partial charge in [-0.1, -0.05) is 0 Å². The van der Waals surface area contributed by atoms with E-state index in [1.165, 1.54) is 13.8 Å². The molecule has 0 bridgehead atoms. The van der Waals surface area contributed by atoms with Crippen molar-refractivity contribution < 1.29 is 9.59 Å². The van der Waals surface area contributed by atoms with Gasteiger partial charge in [-0.2, -0.15) is 10.2 Å². The fourth-order valence-electron chi connectivity index (χ4n) is 4.90. The third-order valence-corrected chi connectivity index (χ3v) is 6.59. The van der Waals surface area contributed by atoms with Crippen molar-refractivity contribution in [1.82, 2.24) is 39.6 Å². The third kappa shape index (κ3) is 4.34. The van der Waals surface area contributed by atoms with E-state index < -0.39 is 0 Å². The van der Waals surface area contributed by atoms with E-state index in [4.69, 9.17) is 4.98 Å². The molecule has 0 aliphatic rings. The van der Waals surface area contributed by atoms with Crippen LogP contribution in [-0.4, -0.2) is 51.4 Å². The normalized spacial score (nSPS) is 12.2. The number of aromatic amines is 1. The van der Waals surface area contributed by atoms with Gasteiger partial charge in [0.05, 0.1) is 11.4 Å². The monoisotopic (exact) mass is 534 g/mol. The average molecular weight is 535 g/mol. The van der Waals surface area contributed by atoms with Gasteiger partial charge in [0.2, 0.25) is 11.8 Å². The number of anilines is 2. The Bertz CT molecular complexity index is 1980. The molecule has 12 nitrogen and oxygen atoms in total. The summed E-state index contributed by atoms with van der Waals surface area (Å²) in [6, 6.07) is 14.8. The quantitative estimate of drug-likeness (QED) is 0.307. The van der Waals surface area contributed by atoms with Crippen molar-refractivity contribution in [2.75, 3.05) is 10.6 Å². The van der Waals surface area contributed by atoms with Crippen molar-refractivity contribution in [3.63, 3.8) is 0 Å². The number of H-pyrrole nitrogens is 1. The van der Waals surface area contributed by atoms with Gasteiger partial charge in [0.1, 0.15) is 0 Å². The topological polar surface area (TPSA) is 147 Å². The Morgan fingerprint density at radius 2 is 1.30 bits per heavy atom. The Hall–Kier alpha value is -5.39. The molecule has 0 saturated carbocycles. The van der Waals surface area contributed by atoms with Crippen molar-refractivity contribution in [3.05, 3.63) is 70.7 Å². The Morgan fingerprint density at radius 3 is 1.90 bits per heavy atom. The standard InChI is InChI=1S/C28H26N10O2/c1-14(23-15(2)33-37-27(23)31-25(35-37)19-6-10-21(11-7-19)29-17(4)39)24-16(3)34-38-28(24)32-26(36-38)20-8-12-22(13-9-20)30-18(5)40/h6-13H,1-5H3,(H,29,39)(H,30,40)(H,31,35)/b24-14-. The summed E-state index contributed by atoms with van der Waals surface area (Å²) < 4.78 is 3.15. The highest BCUT2D eigenvalue weighted by Gasteiger charge is 2.20. The van der Waals surface area contributed by atoms with Crippen LogP contribution in [0, 0.1) is 13.8 Å². The summed E-state index contributed by atoms with van der Waals surface area (Å²) in [5, 5.41) is 24.9. The van der Waals surface area contributed by atoms with E-state index in [0.717, 1.165) is 44.5 Å². The van der Waals surface area contributed by atoms with Crippen LogP contribution in [0.1, 0.15) is 37.7 Å². The van der Waals surface area contributed by atoms with Crippen LogP contribution in [0.3, 0.4) is 0 Å². The van der Waals surface area contributed by atoms with Gasteiger partial charge in [0.25, 0.3) is 0 Å². The molecule has 3 N–H and O–H groups in total. The number of carbonyl (C=O) groups is 2. The van der Waals surface area contributed by atoms with Gasteiger partial charge in [-0.15, -0.1) is 19.5 Å². The van der Waals surface area contributed by atoms with Gasteiger partial charge < -0.3 is 15.6 Å². The molecule has 0 saturated heterocycles. The van der Waals surface area contributed by atoms with E-state index in [2.05, 4.69) is 36.0 Å². The number of benzene rings is 2. The van der Waals surface area contributed by atoms with Gasteiger partial charge >= 0.3 is 0 Å². The largest absolute Gasteiger partial charge is 0.326 e. The van der Waals surface area contributed by atoms with Crippen molar-refractivity contribution in [3.8, 4) is 22.8 Å². The molecule has 0 radical (unpaired) electrons. The molecule has 6 aromatic rings. The molecule has 40 heavy (non-hydrogen) atoms. The molecular weight excluding hydrogens is 508 g/mol. The van der Waals surface area contributed by atoms with Crippen LogP contribution in [0.4, 0.5) is 11.4 Å². The molecule has 0 atom stereocenters. The fourth-order valence-corrected chi connectivity index (χ4v) is 4.90. The number of carbonyl (C=O) groups excluding carboxylic acids is 2. The van der Waals surface area contributed by atoms with Gasteiger partial charge in [0, 0.05) is 47.1 Å². The summed E-state index contributed by atoms with van der Waals surface area (Å²) in [6.45, 7) is 8.84. The summed E-state index contributed by atoms with van der Waals surface area (Å²) in [5.74, 6) is 0.937. The zero-order valence-corrected chi connectivity index (χ0v) is 22.6. The molecule has 4 aromatic heterocycles. The maximum absolute atomic E-state index is 11.3. The lowest BCUT2D eigenvalue weighted by Crippen LogP contribution is -2.09. The average Bonchev–Trinajstić information content (AvgIpc) is 3.62. The van der Waals surface area contributed by atoms with Crippen molar-refractivity contribution in [1.29, 1.82) is 0 Å². The first-order valence-electron chi connectivity index (χ1n) is 12.6. The summed E-state index contributed by atoms with van der Waals surface area (Å²) in [6.07, 6.45) is 0. The lowest BCUT2D eigenvalue weighted by molar-refractivity contribution is -0.115. The summed E-state index contributed by atoms with van der Waals surface area (Å²) in [4.78, 5) is 30.9. The Kier molecular flexibility index (Phi) is 5.87. The minimum Gasteiger partial charge on any atom is -0.326 e. The number of fused-ring (bicyclic) bond motifs is 2. The molecule has 2 aromatic carbocycles. The minimum atomic E-state index is -0.129. The number of nitrogens with zero attached hydrogens (tertiary/aromatic N) is 7. The number of aromatic nitrogens is 8. The molecule has 6 rings (SSSR count). The zero-order chi connectivity index (χ0) is 28.1. The highest BCUT2D eigenvalue weighted by Crippen LogP contribution is 2.26. The lowest BCUT2D eigenvalue weighted by Gasteiger charge is -2.03. The SMILES string of the molecule is CC(=O)Nc1ccc(-c2nc3/c(=C(/C)c4c(C)nn5nc(-c6ccc(NC(C)=O)cc6)[nH]c45)c(C)nn3n2)cc1. The molecule has 0 spiro atoms. The first-order chi connectivity index (χ1) is 19.2. The first-order valence-corrected chi connectivity index (χ1v) is 12.6. The Balaban J connectivity index is 1.41. The van der Waals surface area contributed by atoms with Crippen LogP contribution in [0.15, 0.2) is 48.5 Å². The van der Waals surface area contributed by atoms with E-state index >= 15 is 0 Å². The van der Waals surface area contributed by atoms with Gasteiger partial charge in [-0.3, -0.25) is 9.59 Å². The third-order valence-electron chi connectivity index (χ3n) is 6.59. The molecule has 200 valence electrons. The highest BCUT2D eigenvalue weighted by molar-refractivity contribution is 5.89. The van der Waals surface area contributed by atoms with E-state index in [9.17, 15) is 9.59 Å². The van der Waals surface area contributed by atoms with Crippen LogP contribution in [-0.2, 0) is 9.59 Å². The maximum Gasteiger partial charge on any atom is 0.221 e. The van der Waals surface area contributed by atoms with Crippen LogP contribution < -0.4 is 15.9 Å². The zero-order valence-electron chi connectivity index (χ0n) is 22.6. The van der Waals surface area contributed by atoms with Gasteiger partial charge in [0.15, 0.2) is 22.9 Å². The number of aryl methyl sites for hydroxylation is 2. The van der Waals surface area contributed by atoms with E-state index in [1.54, 1.807) is 9.26 Å². The number of amides is 2. The van der Waals surface area contributed by atoms with Crippen LogP contribution in [0.25, 0.3) is 39.6 Å². The summed E-state index contributed by atoms with van der Waals surface area (Å²) in [5.41, 5.74) is 7.96. The number of hydrogen-bond donors (Lipinski definition) is 3. The van der Waals surface area contributed by atoms with Crippen LogP contribution >= 0.6 is 0 Å². The van der Waals surface area contributed by atoms with Crippen molar-refractivity contribution in [2.24, 2.45) is 0 Å². The highest BCUT2D eigenvalue weighted by atomic mass is 16.2. The van der Waals surface area contributed by atoms with E-state index in [0.29, 0.717) is 28.7 Å². The van der Waals surface area contributed by atoms with Gasteiger partial charge in [-0.05, 0) is 74.9 Å². The second kappa shape index (κ2) is 9.42. The van der Waals surface area contributed by atoms with E-state index in [1.807, 2.05) is 69.3 Å². The van der Waals surface area contributed by atoms with Gasteiger partial charge in [-0.25, -0.2) is 4.98 Å². The number of hydrogen-bond acceptors (Lipinski definition) is 7.